The third-order valence-electron chi connectivity index (χ3n) is 1.76. The number of nitrogens with zero attached hydrogens (tertiary/aromatic N) is 3. The van der Waals surface area contributed by atoms with Crippen molar-refractivity contribution in [3.8, 4) is 0 Å². The zero-order valence-electron chi connectivity index (χ0n) is 7.00. The SMILES string of the molecule is CCCN1N=CN(F)C1CC. The van der Waals surface area contributed by atoms with Gasteiger partial charge in [-0.05, 0) is 12.8 Å². The Kier molecular flexibility index (Phi) is 2.68. The number of hydrazone groups is 1. The molecule has 0 fully saturated rings. The van der Waals surface area contributed by atoms with Crippen molar-refractivity contribution in [3.63, 3.8) is 0 Å². The second-order valence-electron chi connectivity index (χ2n) is 2.63. The van der Waals surface area contributed by atoms with Crippen LogP contribution in [-0.2, 0) is 0 Å². The van der Waals surface area contributed by atoms with Gasteiger partial charge in [-0.3, -0.25) is 5.01 Å². The fourth-order valence-electron chi connectivity index (χ4n) is 1.22. The maximum absolute atomic E-state index is 12.8. The Morgan fingerprint density at radius 2 is 2.27 bits per heavy atom. The number of hydrogen-bond acceptors (Lipinski definition) is 3. The lowest BCUT2D eigenvalue weighted by molar-refractivity contribution is 0.00306. The Morgan fingerprint density at radius 3 is 2.82 bits per heavy atom. The van der Waals surface area contributed by atoms with E-state index in [1.807, 2.05) is 6.92 Å². The lowest BCUT2D eigenvalue weighted by Crippen LogP contribution is -2.34. The second-order valence-corrected chi connectivity index (χ2v) is 2.63. The molecule has 3 nitrogen and oxygen atoms in total. The Bertz CT molecular complexity index is 149. The van der Waals surface area contributed by atoms with Crippen molar-refractivity contribution in [2.24, 2.45) is 5.10 Å². The maximum atomic E-state index is 12.8. The van der Waals surface area contributed by atoms with Crippen LogP contribution in [0.4, 0.5) is 4.48 Å². The summed E-state index contributed by atoms with van der Waals surface area (Å²) in [5.74, 6) is 0. The first kappa shape index (κ1) is 8.30. The van der Waals surface area contributed by atoms with Gasteiger partial charge in [0, 0.05) is 6.54 Å². The largest absolute Gasteiger partial charge is 0.270 e. The van der Waals surface area contributed by atoms with E-state index >= 15 is 0 Å². The van der Waals surface area contributed by atoms with E-state index in [0.717, 1.165) is 19.4 Å². The molecule has 11 heavy (non-hydrogen) atoms. The molecule has 0 spiro atoms. The topological polar surface area (TPSA) is 18.8 Å². The van der Waals surface area contributed by atoms with E-state index in [0.29, 0.717) is 5.12 Å². The smallest absolute Gasteiger partial charge is 0.149 e. The molecule has 0 aromatic heterocycles. The van der Waals surface area contributed by atoms with Gasteiger partial charge < -0.3 is 0 Å². The molecule has 1 atom stereocenters. The van der Waals surface area contributed by atoms with Crippen LogP contribution in [-0.4, -0.2) is 29.2 Å². The van der Waals surface area contributed by atoms with Gasteiger partial charge in [0.05, 0.1) is 0 Å². The second kappa shape index (κ2) is 3.55. The van der Waals surface area contributed by atoms with E-state index in [1.54, 1.807) is 5.01 Å². The van der Waals surface area contributed by atoms with Crippen molar-refractivity contribution < 1.29 is 4.48 Å². The van der Waals surface area contributed by atoms with Gasteiger partial charge in [-0.25, -0.2) is 0 Å². The van der Waals surface area contributed by atoms with Crippen LogP contribution in [0.5, 0.6) is 0 Å². The number of halogens is 1. The number of rotatable bonds is 3. The molecule has 0 saturated heterocycles. The summed E-state index contributed by atoms with van der Waals surface area (Å²) >= 11 is 0. The molecule has 1 heterocycles. The summed E-state index contributed by atoms with van der Waals surface area (Å²) in [6, 6.07) is 0. The lowest BCUT2D eigenvalue weighted by Gasteiger charge is -2.23. The van der Waals surface area contributed by atoms with E-state index in [1.165, 1.54) is 6.34 Å². The van der Waals surface area contributed by atoms with Gasteiger partial charge in [0.25, 0.3) is 0 Å². The zero-order valence-corrected chi connectivity index (χ0v) is 7.00. The molecular weight excluding hydrogens is 145 g/mol. The quantitative estimate of drug-likeness (QED) is 0.582. The molecule has 1 aliphatic heterocycles. The highest BCUT2D eigenvalue weighted by molar-refractivity contribution is 5.55. The van der Waals surface area contributed by atoms with Gasteiger partial charge in [-0.15, -0.1) is 0 Å². The van der Waals surface area contributed by atoms with Crippen LogP contribution in [0.15, 0.2) is 5.10 Å². The Hall–Kier alpha value is -0.800. The van der Waals surface area contributed by atoms with E-state index in [9.17, 15) is 4.48 Å². The zero-order chi connectivity index (χ0) is 8.27. The molecule has 0 amide bonds. The summed E-state index contributed by atoms with van der Waals surface area (Å²) < 4.78 is 12.8. The molecule has 0 radical (unpaired) electrons. The standard InChI is InChI=1S/C7H14FN3/c1-3-5-11-7(4-2)10(8)6-9-11/h6-7H,3-5H2,1-2H3. The minimum Gasteiger partial charge on any atom is -0.270 e. The van der Waals surface area contributed by atoms with Crippen LogP contribution in [0.25, 0.3) is 0 Å². The van der Waals surface area contributed by atoms with Crippen LogP contribution < -0.4 is 0 Å². The fraction of sp³-hybridized carbons (Fsp3) is 0.857. The summed E-state index contributed by atoms with van der Waals surface area (Å²) in [4.78, 5) is 0. The minimum atomic E-state index is -0.171. The monoisotopic (exact) mass is 159 g/mol. The molecule has 0 saturated carbocycles. The van der Waals surface area contributed by atoms with Gasteiger partial charge >= 0.3 is 0 Å². The molecule has 0 bridgehead atoms. The third-order valence-corrected chi connectivity index (χ3v) is 1.76. The van der Waals surface area contributed by atoms with E-state index in [-0.39, 0.29) is 6.17 Å². The molecule has 0 aromatic carbocycles. The van der Waals surface area contributed by atoms with Crippen molar-refractivity contribution in [3.05, 3.63) is 0 Å². The molecule has 64 valence electrons. The fourth-order valence-corrected chi connectivity index (χ4v) is 1.22. The van der Waals surface area contributed by atoms with Crippen LogP contribution in [0.2, 0.25) is 0 Å². The van der Waals surface area contributed by atoms with Crippen molar-refractivity contribution in [1.29, 1.82) is 0 Å². The van der Waals surface area contributed by atoms with Crippen molar-refractivity contribution >= 4 is 6.34 Å². The van der Waals surface area contributed by atoms with Crippen LogP contribution >= 0.6 is 0 Å². The Balaban J connectivity index is 2.46. The molecule has 4 heteroatoms. The third kappa shape index (κ3) is 1.61. The summed E-state index contributed by atoms with van der Waals surface area (Å²) in [7, 11) is 0. The molecule has 0 aliphatic carbocycles. The summed E-state index contributed by atoms with van der Waals surface area (Å²) in [5, 5.41) is 6.36. The first-order chi connectivity index (χ1) is 5.29. The Morgan fingerprint density at radius 1 is 1.55 bits per heavy atom. The highest BCUT2D eigenvalue weighted by atomic mass is 19.2. The molecule has 1 unspecified atom stereocenters. The molecule has 0 N–H and O–H groups in total. The van der Waals surface area contributed by atoms with Crippen molar-refractivity contribution in [2.75, 3.05) is 6.54 Å². The van der Waals surface area contributed by atoms with Crippen molar-refractivity contribution in [2.45, 2.75) is 32.9 Å². The van der Waals surface area contributed by atoms with Gasteiger partial charge in [0.15, 0.2) is 0 Å². The van der Waals surface area contributed by atoms with E-state index < -0.39 is 0 Å². The Labute approximate surface area is 66.4 Å². The van der Waals surface area contributed by atoms with Crippen LogP contribution in [0.1, 0.15) is 26.7 Å². The van der Waals surface area contributed by atoms with Gasteiger partial charge in [-0.1, -0.05) is 18.3 Å². The average molecular weight is 159 g/mol. The lowest BCUT2D eigenvalue weighted by atomic mass is 10.3. The molecule has 1 rings (SSSR count). The first-order valence-corrected chi connectivity index (χ1v) is 4.04. The van der Waals surface area contributed by atoms with Gasteiger partial charge in [0.2, 0.25) is 0 Å². The van der Waals surface area contributed by atoms with Crippen molar-refractivity contribution in [1.82, 2.24) is 10.1 Å². The highest BCUT2D eigenvalue weighted by Crippen LogP contribution is 2.15. The molecule has 0 aromatic rings. The van der Waals surface area contributed by atoms with E-state index in [4.69, 9.17) is 0 Å². The summed E-state index contributed by atoms with van der Waals surface area (Å²) in [5.41, 5.74) is 0. The average Bonchev–Trinajstić information content (AvgIpc) is 2.33. The van der Waals surface area contributed by atoms with E-state index in [2.05, 4.69) is 12.0 Å². The maximum Gasteiger partial charge on any atom is 0.149 e. The number of hydrogen-bond donors (Lipinski definition) is 0. The minimum absolute atomic E-state index is 0.171. The predicted molar refractivity (Wildman–Crippen MR) is 42.5 cm³/mol. The van der Waals surface area contributed by atoms with Crippen LogP contribution in [0.3, 0.4) is 0 Å². The van der Waals surface area contributed by atoms with Crippen LogP contribution in [0, 0.1) is 0 Å². The predicted octanol–water partition coefficient (Wildman–Crippen LogP) is 1.58. The van der Waals surface area contributed by atoms with Gasteiger partial charge in [0.1, 0.15) is 12.5 Å². The summed E-state index contributed by atoms with van der Waals surface area (Å²) in [6.45, 7) is 4.84. The molecular formula is C7H14FN3. The molecule has 1 aliphatic rings. The normalized spacial score (nSPS) is 23.4. The highest BCUT2D eigenvalue weighted by Gasteiger charge is 2.25. The summed E-state index contributed by atoms with van der Waals surface area (Å²) in [6.07, 6.45) is 2.83. The first-order valence-electron chi connectivity index (χ1n) is 4.04. The van der Waals surface area contributed by atoms with Gasteiger partial charge in [-0.2, -0.15) is 10.2 Å².